The van der Waals surface area contributed by atoms with Gasteiger partial charge in [-0.2, -0.15) is 0 Å². The van der Waals surface area contributed by atoms with Crippen molar-refractivity contribution in [1.29, 1.82) is 0 Å². The molecule has 0 aliphatic carbocycles. The van der Waals surface area contributed by atoms with Gasteiger partial charge in [0.1, 0.15) is 12.0 Å². The van der Waals surface area contributed by atoms with Crippen molar-refractivity contribution in [3.05, 3.63) is 35.7 Å². The van der Waals surface area contributed by atoms with Crippen LogP contribution in [-0.4, -0.2) is 28.5 Å². The number of fused-ring (bicyclic) bond motifs is 1. The molecule has 114 valence electrons. The standard InChI is InChI=1S/C15H14N2O4S/c1-8-6-21-15(16-8)22-9(2)14(19)10-3-4-12-11(5-10)17-13(18)7-20-12/h3-6,9H,7H2,1-2H3,(H,17,18)/t9-/m0/s1. The molecule has 1 aromatic carbocycles. The fourth-order valence-corrected chi connectivity index (χ4v) is 2.91. The van der Waals surface area contributed by atoms with Crippen LogP contribution in [0.15, 0.2) is 34.1 Å². The van der Waals surface area contributed by atoms with Crippen LogP contribution >= 0.6 is 11.8 Å². The Balaban J connectivity index is 1.77. The van der Waals surface area contributed by atoms with E-state index in [4.69, 9.17) is 9.15 Å². The Morgan fingerprint density at radius 1 is 1.45 bits per heavy atom. The Bertz CT molecular complexity index is 741. The molecule has 1 atom stereocenters. The number of thioether (sulfide) groups is 1. The number of benzene rings is 1. The highest BCUT2D eigenvalue weighted by Gasteiger charge is 2.22. The first-order valence-electron chi connectivity index (χ1n) is 6.72. The lowest BCUT2D eigenvalue weighted by molar-refractivity contribution is -0.118. The highest BCUT2D eigenvalue weighted by Crippen LogP contribution is 2.31. The van der Waals surface area contributed by atoms with E-state index in [1.165, 1.54) is 11.8 Å². The number of carbonyl (C=O) groups is 2. The van der Waals surface area contributed by atoms with Crippen molar-refractivity contribution in [1.82, 2.24) is 4.98 Å². The van der Waals surface area contributed by atoms with Gasteiger partial charge in [-0.1, -0.05) is 11.8 Å². The topological polar surface area (TPSA) is 81.4 Å². The number of anilines is 1. The predicted molar refractivity (Wildman–Crippen MR) is 81.5 cm³/mol. The maximum Gasteiger partial charge on any atom is 0.262 e. The largest absolute Gasteiger partial charge is 0.482 e. The number of hydrogen-bond donors (Lipinski definition) is 1. The van der Waals surface area contributed by atoms with E-state index in [0.717, 1.165) is 5.69 Å². The average molecular weight is 318 g/mol. The molecule has 0 fully saturated rings. The van der Waals surface area contributed by atoms with Crippen LogP contribution in [0.4, 0.5) is 5.69 Å². The summed E-state index contributed by atoms with van der Waals surface area (Å²) in [6, 6.07) is 5.01. The van der Waals surface area contributed by atoms with Gasteiger partial charge in [-0.05, 0) is 32.0 Å². The fourth-order valence-electron chi connectivity index (χ4n) is 2.06. The normalized spacial score (nSPS) is 14.7. The Hall–Kier alpha value is -2.28. The number of aryl methyl sites for hydroxylation is 1. The predicted octanol–water partition coefficient (Wildman–Crippen LogP) is 2.68. The van der Waals surface area contributed by atoms with Crippen molar-refractivity contribution < 1.29 is 18.7 Å². The number of rotatable bonds is 4. The van der Waals surface area contributed by atoms with Crippen LogP contribution in [0.5, 0.6) is 5.75 Å². The molecule has 0 spiro atoms. The molecule has 0 saturated heterocycles. The lowest BCUT2D eigenvalue weighted by atomic mass is 10.1. The van der Waals surface area contributed by atoms with E-state index in [2.05, 4.69) is 10.3 Å². The van der Waals surface area contributed by atoms with Crippen molar-refractivity contribution in [3.8, 4) is 5.75 Å². The summed E-state index contributed by atoms with van der Waals surface area (Å²) in [4.78, 5) is 28.0. The molecule has 1 aliphatic rings. The number of ketones is 1. The van der Waals surface area contributed by atoms with E-state index in [9.17, 15) is 9.59 Å². The molecule has 0 radical (unpaired) electrons. The van der Waals surface area contributed by atoms with E-state index < -0.39 is 0 Å². The molecule has 6 nitrogen and oxygen atoms in total. The van der Waals surface area contributed by atoms with Crippen molar-refractivity contribution in [2.24, 2.45) is 0 Å². The molecule has 1 N–H and O–H groups in total. The second-order valence-corrected chi connectivity index (χ2v) is 6.22. The summed E-state index contributed by atoms with van der Waals surface area (Å²) >= 11 is 1.26. The van der Waals surface area contributed by atoms with E-state index >= 15 is 0 Å². The van der Waals surface area contributed by atoms with Gasteiger partial charge in [0.05, 0.1) is 16.6 Å². The molecule has 1 amide bonds. The summed E-state index contributed by atoms with van der Waals surface area (Å²) in [7, 11) is 0. The maximum absolute atomic E-state index is 12.5. The Morgan fingerprint density at radius 3 is 3.00 bits per heavy atom. The SMILES string of the molecule is Cc1coc(S[C@@H](C)C(=O)c2ccc3c(c2)NC(=O)CO3)n1. The second-order valence-electron chi connectivity index (χ2n) is 4.93. The van der Waals surface area contributed by atoms with E-state index in [1.807, 2.05) is 6.92 Å². The van der Waals surface area contributed by atoms with Gasteiger partial charge in [0.2, 0.25) is 0 Å². The molecule has 1 aromatic heterocycles. The molecular formula is C15H14N2O4S. The van der Waals surface area contributed by atoms with E-state index in [-0.39, 0.29) is 23.5 Å². The quantitative estimate of drug-likeness (QED) is 0.689. The summed E-state index contributed by atoms with van der Waals surface area (Å²) in [5.74, 6) is 0.276. The zero-order chi connectivity index (χ0) is 15.7. The summed E-state index contributed by atoms with van der Waals surface area (Å²) < 4.78 is 10.5. The minimum absolute atomic E-state index is 0.00391. The molecular weight excluding hydrogens is 304 g/mol. The van der Waals surface area contributed by atoms with Gasteiger partial charge in [-0.25, -0.2) is 4.98 Å². The van der Waals surface area contributed by atoms with Crippen LogP contribution < -0.4 is 10.1 Å². The zero-order valence-electron chi connectivity index (χ0n) is 12.1. The molecule has 0 bridgehead atoms. The highest BCUT2D eigenvalue weighted by molar-refractivity contribution is 8.00. The summed E-state index contributed by atoms with van der Waals surface area (Å²) in [5, 5.41) is 2.81. The molecule has 22 heavy (non-hydrogen) atoms. The first kappa shape index (κ1) is 14.6. The number of nitrogens with one attached hydrogen (secondary N) is 1. The number of oxazole rings is 1. The number of amides is 1. The van der Waals surface area contributed by atoms with E-state index in [0.29, 0.717) is 22.2 Å². The van der Waals surface area contributed by atoms with Gasteiger partial charge in [-0.15, -0.1) is 0 Å². The van der Waals surface area contributed by atoms with Crippen LogP contribution in [0.3, 0.4) is 0 Å². The number of hydrogen-bond acceptors (Lipinski definition) is 6. The van der Waals surface area contributed by atoms with Gasteiger partial charge in [0.25, 0.3) is 11.1 Å². The Labute approximate surface area is 131 Å². The fraction of sp³-hybridized carbons (Fsp3) is 0.267. The minimum atomic E-state index is -0.351. The first-order valence-corrected chi connectivity index (χ1v) is 7.60. The average Bonchev–Trinajstić information content (AvgIpc) is 2.90. The van der Waals surface area contributed by atoms with Gasteiger partial charge in [0.15, 0.2) is 12.4 Å². The smallest absolute Gasteiger partial charge is 0.262 e. The lowest BCUT2D eigenvalue weighted by Gasteiger charge is -2.18. The molecule has 0 unspecified atom stereocenters. The number of ether oxygens (including phenoxy) is 1. The molecule has 3 rings (SSSR count). The van der Waals surface area contributed by atoms with Crippen molar-refractivity contribution in [3.63, 3.8) is 0 Å². The third-order valence-corrected chi connectivity index (χ3v) is 4.10. The number of aromatic nitrogens is 1. The van der Waals surface area contributed by atoms with E-state index in [1.54, 1.807) is 31.4 Å². The third kappa shape index (κ3) is 2.99. The third-order valence-electron chi connectivity index (χ3n) is 3.14. The number of nitrogens with zero attached hydrogens (tertiary/aromatic N) is 1. The van der Waals surface area contributed by atoms with Gasteiger partial charge in [0, 0.05) is 5.56 Å². The molecule has 2 heterocycles. The second kappa shape index (κ2) is 5.84. The van der Waals surface area contributed by atoms with Crippen molar-refractivity contribution >= 4 is 29.1 Å². The van der Waals surface area contributed by atoms with Gasteiger partial charge >= 0.3 is 0 Å². The maximum atomic E-state index is 12.5. The molecule has 2 aromatic rings. The van der Waals surface area contributed by atoms with Gasteiger partial charge < -0.3 is 14.5 Å². The van der Waals surface area contributed by atoms with Crippen molar-refractivity contribution in [2.45, 2.75) is 24.3 Å². The first-order chi connectivity index (χ1) is 10.5. The minimum Gasteiger partial charge on any atom is -0.482 e. The number of carbonyl (C=O) groups excluding carboxylic acids is 2. The van der Waals surface area contributed by atoms with Crippen molar-refractivity contribution in [2.75, 3.05) is 11.9 Å². The van der Waals surface area contributed by atoms with Crippen LogP contribution in [-0.2, 0) is 4.79 Å². The lowest BCUT2D eigenvalue weighted by Crippen LogP contribution is -2.25. The van der Waals surface area contributed by atoms with Crippen LogP contribution in [0, 0.1) is 6.92 Å². The summed E-state index contributed by atoms with van der Waals surface area (Å²) in [6.45, 7) is 3.61. The number of Topliss-reactive ketones (excluding diaryl/α,β-unsaturated/α-hetero) is 1. The Kier molecular flexibility index (Phi) is 3.89. The molecule has 1 aliphatic heterocycles. The monoisotopic (exact) mass is 318 g/mol. The Morgan fingerprint density at radius 2 is 2.27 bits per heavy atom. The highest BCUT2D eigenvalue weighted by atomic mass is 32.2. The summed E-state index contributed by atoms with van der Waals surface area (Å²) in [5.41, 5.74) is 1.80. The molecule has 0 saturated carbocycles. The van der Waals surface area contributed by atoms with Crippen LogP contribution in [0.1, 0.15) is 23.0 Å². The van der Waals surface area contributed by atoms with Crippen LogP contribution in [0.25, 0.3) is 0 Å². The van der Waals surface area contributed by atoms with Crippen LogP contribution in [0.2, 0.25) is 0 Å². The molecule has 7 heteroatoms. The zero-order valence-corrected chi connectivity index (χ0v) is 12.9. The van der Waals surface area contributed by atoms with Gasteiger partial charge in [-0.3, -0.25) is 9.59 Å². The summed E-state index contributed by atoms with van der Waals surface area (Å²) in [6.07, 6.45) is 1.55.